The van der Waals surface area contributed by atoms with E-state index in [4.69, 9.17) is 5.26 Å². The van der Waals surface area contributed by atoms with E-state index in [0.29, 0.717) is 0 Å². The summed E-state index contributed by atoms with van der Waals surface area (Å²) in [6.45, 7) is -0.778. The number of nitrogens with zero attached hydrogens (tertiary/aromatic N) is 2. The van der Waals surface area contributed by atoms with Gasteiger partial charge in [0.1, 0.15) is 5.69 Å². The minimum atomic E-state index is -2.69. The van der Waals surface area contributed by atoms with Crippen LogP contribution >= 0.6 is 0 Å². The van der Waals surface area contributed by atoms with Crippen LogP contribution in [0.2, 0.25) is 0 Å². The van der Waals surface area contributed by atoms with Gasteiger partial charge in [-0.25, -0.2) is 17.6 Å². The van der Waals surface area contributed by atoms with Crippen LogP contribution in [-0.2, 0) is 0 Å². The molecule has 0 aliphatic carbocycles. The van der Waals surface area contributed by atoms with E-state index in [2.05, 4.69) is 0 Å². The van der Waals surface area contributed by atoms with E-state index >= 15 is 0 Å². The number of nitriles is 1. The van der Waals surface area contributed by atoms with Gasteiger partial charge >= 0.3 is 0 Å². The largest absolute Gasteiger partial charge is 0.364 e. The van der Waals surface area contributed by atoms with Gasteiger partial charge in [0, 0.05) is 7.05 Å². The summed E-state index contributed by atoms with van der Waals surface area (Å²) < 4.78 is 50.7. The highest BCUT2D eigenvalue weighted by molar-refractivity contribution is 5.52. The molecular formula is C10H8F4N2. The Morgan fingerprint density at radius 2 is 1.81 bits per heavy atom. The Bertz CT molecular complexity index is 402. The molecule has 0 radical (unpaired) electrons. The lowest BCUT2D eigenvalue weighted by molar-refractivity contribution is 0.156. The molecule has 2 nitrogen and oxygen atoms in total. The predicted octanol–water partition coefficient (Wildman–Crippen LogP) is 2.54. The van der Waals surface area contributed by atoms with Gasteiger partial charge < -0.3 is 4.90 Å². The summed E-state index contributed by atoms with van der Waals surface area (Å²) in [6, 6.07) is 3.18. The Morgan fingerprint density at radius 1 is 1.31 bits per heavy atom. The van der Waals surface area contributed by atoms with Crippen molar-refractivity contribution in [1.29, 1.82) is 5.26 Å². The smallest absolute Gasteiger partial charge is 0.255 e. The quantitative estimate of drug-likeness (QED) is 0.749. The van der Waals surface area contributed by atoms with E-state index in [9.17, 15) is 17.6 Å². The lowest BCUT2D eigenvalue weighted by Gasteiger charge is -2.19. The van der Waals surface area contributed by atoms with Crippen molar-refractivity contribution in [2.24, 2.45) is 0 Å². The van der Waals surface area contributed by atoms with Gasteiger partial charge in [0.15, 0.2) is 11.6 Å². The summed E-state index contributed by atoms with van der Waals surface area (Å²) in [5.74, 6) is -2.06. The second-order valence-electron chi connectivity index (χ2n) is 3.17. The van der Waals surface area contributed by atoms with Gasteiger partial charge in [0.2, 0.25) is 0 Å². The van der Waals surface area contributed by atoms with Crippen molar-refractivity contribution < 1.29 is 17.6 Å². The van der Waals surface area contributed by atoms with Crippen molar-refractivity contribution >= 4 is 5.69 Å². The molecule has 86 valence electrons. The van der Waals surface area contributed by atoms with E-state index in [1.54, 1.807) is 6.07 Å². The SMILES string of the molecule is CN(CC(F)F)c1c(F)cc(C#N)cc1F. The van der Waals surface area contributed by atoms with Crippen LogP contribution in [0.1, 0.15) is 5.56 Å². The summed E-state index contributed by atoms with van der Waals surface area (Å²) in [5.41, 5.74) is -0.747. The van der Waals surface area contributed by atoms with Crippen molar-refractivity contribution in [3.05, 3.63) is 29.3 Å². The molecule has 0 aliphatic rings. The van der Waals surface area contributed by atoms with E-state index in [1.807, 2.05) is 0 Å². The van der Waals surface area contributed by atoms with Gasteiger partial charge in [-0.05, 0) is 12.1 Å². The van der Waals surface area contributed by atoms with Crippen LogP contribution in [-0.4, -0.2) is 20.0 Å². The number of halogens is 4. The fraction of sp³-hybridized carbons (Fsp3) is 0.300. The molecule has 0 aliphatic heterocycles. The summed E-state index contributed by atoms with van der Waals surface area (Å²) in [6.07, 6.45) is -2.69. The first-order valence-electron chi connectivity index (χ1n) is 4.34. The Kier molecular flexibility index (Phi) is 3.72. The molecule has 1 rings (SSSR count). The number of benzene rings is 1. The van der Waals surface area contributed by atoms with Crippen molar-refractivity contribution in [2.45, 2.75) is 6.43 Å². The second kappa shape index (κ2) is 4.84. The number of alkyl halides is 2. The molecule has 0 N–H and O–H groups in total. The molecule has 1 aromatic carbocycles. The molecule has 0 spiro atoms. The molecule has 16 heavy (non-hydrogen) atoms. The summed E-state index contributed by atoms with van der Waals surface area (Å²) in [7, 11) is 1.15. The first-order chi connectivity index (χ1) is 7.45. The third kappa shape index (κ3) is 2.63. The van der Waals surface area contributed by atoms with Crippen LogP contribution in [0, 0.1) is 23.0 Å². The van der Waals surface area contributed by atoms with Crippen LogP contribution in [0.15, 0.2) is 12.1 Å². The Morgan fingerprint density at radius 3 is 2.19 bits per heavy atom. The van der Waals surface area contributed by atoms with Gasteiger partial charge in [-0.3, -0.25) is 0 Å². The number of hydrogen-bond acceptors (Lipinski definition) is 2. The van der Waals surface area contributed by atoms with Gasteiger partial charge in [-0.1, -0.05) is 0 Å². The van der Waals surface area contributed by atoms with Gasteiger partial charge in [0.25, 0.3) is 6.43 Å². The summed E-state index contributed by atoms with van der Waals surface area (Å²) >= 11 is 0. The molecule has 0 bridgehead atoms. The monoisotopic (exact) mass is 232 g/mol. The van der Waals surface area contributed by atoms with Crippen LogP contribution in [0.5, 0.6) is 0 Å². The van der Waals surface area contributed by atoms with Gasteiger partial charge in [0.05, 0.1) is 18.2 Å². The Balaban J connectivity index is 3.10. The van der Waals surface area contributed by atoms with E-state index in [0.717, 1.165) is 24.1 Å². The molecular weight excluding hydrogens is 224 g/mol. The fourth-order valence-corrected chi connectivity index (χ4v) is 1.29. The molecule has 1 aromatic rings. The standard InChI is InChI=1S/C10H8F4N2/c1-16(5-9(13)14)10-7(11)2-6(4-15)3-8(10)12/h2-3,9H,5H2,1H3. The normalized spacial score (nSPS) is 10.3. The zero-order valence-electron chi connectivity index (χ0n) is 8.35. The van der Waals surface area contributed by atoms with Crippen LogP contribution < -0.4 is 4.90 Å². The second-order valence-corrected chi connectivity index (χ2v) is 3.17. The molecule has 0 fully saturated rings. The first-order valence-corrected chi connectivity index (χ1v) is 4.34. The lowest BCUT2D eigenvalue weighted by atomic mass is 10.2. The van der Waals surface area contributed by atoms with Crippen LogP contribution in [0.25, 0.3) is 0 Å². The minimum absolute atomic E-state index is 0.191. The van der Waals surface area contributed by atoms with E-state index in [1.165, 1.54) is 0 Å². The van der Waals surface area contributed by atoms with E-state index < -0.39 is 30.3 Å². The molecule has 0 aromatic heterocycles. The number of hydrogen-bond donors (Lipinski definition) is 0. The fourth-order valence-electron chi connectivity index (χ4n) is 1.29. The summed E-state index contributed by atoms with van der Waals surface area (Å²) in [5, 5.41) is 8.44. The lowest BCUT2D eigenvalue weighted by Crippen LogP contribution is -2.26. The molecule has 6 heteroatoms. The van der Waals surface area contributed by atoms with Crippen molar-refractivity contribution in [3.63, 3.8) is 0 Å². The average Bonchev–Trinajstić information content (AvgIpc) is 2.15. The molecule has 0 amide bonds. The highest BCUT2D eigenvalue weighted by atomic mass is 19.3. The topological polar surface area (TPSA) is 27.0 Å². The maximum Gasteiger partial charge on any atom is 0.255 e. The van der Waals surface area contributed by atoms with Crippen molar-refractivity contribution in [2.75, 3.05) is 18.5 Å². The van der Waals surface area contributed by atoms with Gasteiger partial charge in [-0.15, -0.1) is 0 Å². The van der Waals surface area contributed by atoms with Crippen LogP contribution in [0.4, 0.5) is 23.2 Å². The van der Waals surface area contributed by atoms with Crippen molar-refractivity contribution in [1.82, 2.24) is 0 Å². The first kappa shape index (κ1) is 12.3. The number of anilines is 1. The highest BCUT2D eigenvalue weighted by Gasteiger charge is 2.17. The third-order valence-electron chi connectivity index (χ3n) is 1.94. The molecule has 0 unspecified atom stereocenters. The van der Waals surface area contributed by atoms with Crippen LogP contribution in [0.3, 0.4) is 0 Å². The molecule has 0 saturated carbocycles. The zero-order chi connectivity index (χ0) is 12.3. The Hall–Kier alpha value is -1.77. The highest BCUT2D eigenvalue weighted by Crippen LogP contribution is 2.24. The van der Waals surface area contributed by atoms with Crippen molar-refractivity contribution in [3.8, 4) is 6.07 Å². The maximum atomic E-state index is 13.3. The molecule has 0 heterocycles. The average molecular weight is 232 g/mol. The predicted molar refractivity (Wildman–Crippen MR) is 50.3 cm³/mol. The zero-order valence-corrected chi connectivity index (χ0v) is 8.35. The van der Waals surface area contributed by atoms with Gasteiger partial charge in [-0.2, -0.15) is 5.26 Å². The number of rotatable bonds is 3. The minimum Gasteiger partial charge on any atom is -0.364 e. The van der Waals surface area contributed by atoms with E-state index in [-0.39, 0.29) is 5.56 Å². The molecule has 0 atom stereocenters. The molecule has 0 saturated heterocycles. The maximum absolute atomic E-state index is 13.3. The Labute approximate surface area is 89.7 Å². The summed E-state index contributed by atoms with van der Waals surface area (Å²) in [4.78, 5) is 0.774. The third-order valence-corrected chi connectivity index (χ3v) is 1.94.